The van der Waals surface area contributed by atoms with Gasteiger partial charge in [0.05, 0.1) is 5.41 Å². The Hall–Kier alpha value is -1.75. The monoisotopic (exact) mass is 333 g/mol. The Morgan fingerprint density at radius 1 is 1.21 bits per heavy atom. The maximum Gasteiger partial charge on any atom is 0.232 e. The summed E-state index contributed by atoms with van der Waals surface area (Å²) in [4.78, 5) is 15.2. The van der Waals surface area contributed by atoms with E-state index in [1.54, 1.807) is 7.11 Å². The minimum absolute atomic E-state index is 0.220. The summed E-state index contributed by atoms with van der Waals surface area (Å²) in [6, 6.07) is 5.99. The van der Waals surface area contributed by atoms with Gasteiger partial charge in [-0.25, -0.2) is 0 Å². The maximum atomic E-state index is 13.3. The van der Waals surface area contributed by atoms with Crippen molar-refractivity contribution >= 4 is 5.91 Å². The Labute approximate surface area is 143 Å². The van der Waals surface area contributed by atoms with Crippen molar-refractivity contribution in [2.24, 2.45) is 0 Å². The number of amides is 1. The summed E-state index contributed by atoms with van der Waals surface area (Å²) in [6.45, 7) is 1.66. The minimum Gasteiger partial charge on any atom is -0.454 e. The molecule has 1 saturated carbocycles. The molecule has 132 valence electrons. The van der Waals surface area contributed by atoms with E-state index in [4.69, 9.17) is 14.2 Å². The Morgan fingerprint density at radius 3 is 2.71 bits per heavy atom. The highest BCUT2D eigenvalue weighted by Crippen LogP contribution is 2.44. The first-order valence-corrected chi connectivity index (χ1v) is 8.82. The highest BCUT2D eigenvalue weighted by molar-refractivity contribution is 5.88. The van der Waals surface area contributed by atoms with Gasteiger partial charge in [0.25, 0.3) is 0 Å². The van der Waals surface area contributed by atoms with Crippen molar-refractivity contribution in [2.75, 3.05) is 34.1 Å². The molecule has 1 aromatic carbocycles. The second kappa shape index (κ2) is 7.43. The van der Waals surface area contributed by atoms with E-state index in [0.29, 0.717) is 6.61 Å². The number of carbonyl (C=O) groups excluding carboxylic acids is 1. The number of fused-ring (bicyclic) bond motifs is 1. The molecule has 1 fully saturated rings. The van der Waals surface area contributed by atoms with Crippen molar-refractivity contribution in [3.63, 3.8) is 0 Å². The van der Waals surface area contributed by atoms with E-state index in [-0.39, 0.29) is 12.7 Å². The van der Waals surface area contributed by atoms with Crippen molar-refractivity contribution in [1.29, 1.82) is 0 Å². The average molecular weight is 333 g/mol. The summed E-state index contributed by atoms with van der Waals surface area (Å²) in [5, 5.41) is 0. The Bertz CT molecular complexity index is 581. The lowest BCUT2D eigenvalue weighted by Crippen LogP contribution is -2.47. The number of rotatable bonds is 6. The highest BCUT2D eigenvalue weighted by atomic mass is 16.7. The van der Waals surface area contributed by atoms with Crippen molar-refractivity contribution in [2.45, 2.75) is 43.9 Å². The van der Waals surface area contributed by atoms with Crippen LogP contribution in [0.25, 0.3) is 0 Å². The van der Waals surface area contributed by atoms with Gasteiger partial charge in [-0.1, -0.05) is 25.3 Å². The van der Waals surface area contributed by atoms with Crippen LogP contribution in [0.4, 0.5) is 0 Å². The Balaban J connectivity index is 1.85. The summed E-state index contributed by atoms with van der Waals surface area (Å²) in [5.74, 6) is 1.75. The first-order valence-electron chi connectivity index (χ1n) is 8.82. The molecule has 1 heterocycles. The SMILES string of the molecule is COCCCN(C)C(=O)C1(c2ccc3c(c2)OCO3)CCCCC1. The van der Waals surface area contributed by atoms with Crippen LogP contribution < -0.4 is 9.47 Å². The summed E-state index contributed by atoms with van der Waals surface area (Å²) in [7, 11) is 3.60. The van der Waals surface area contributed by atoms with Crippen molar-refractivity contribution in [1.82, 2.24) is 4.90 Å². The number of hydrogen-bond acceptors (Lipinski definition) is 4. The fourth-order valence-corrected chi connectivity index (χ4v) is 3.89. The van der Waals surface area contributed by atoms with Crippen LogP contribution in [0.5, 0.6) is 11.5 Å². The molecule has 0 atom stereocenters. The maximum absolute atomic E-state index is 13.3. The van der Waals surface area contributed by atoms with E-state index in [1.807, 2.05) is 30.1 Å². The molecule has 24 heavy (non-hydrogen) atoms. The normalized spacial score (nSPS) is 18.4. The number of carbonyl (C=O) groups is 1. The second-order valence-electron chi connectivity index (χ2n) is 6.78. The third kappa shape index (κ3) is 3.22. The summed E-state index contributed by atoms with van der Waals surface area (Å²) < 4.78 is 16.1. The molecule has 0 unspecified atom stereocenters. The lowest BCUT2D eigenvalue weighted by molar-refractivity contribution is -0.137. The molecule has 3 rings (SSSR count). The molecule has 5 nitrogen and oxygen atoms in total. The molecule has 0 bridgehead atoms. The molecule has 0 radical (unpaired) electrons. The predicted octanol–water partition coefficient (Wildman–Crippen LogP) is 3.11. The van der Waals surface area contributed by atoms with E-state index < -0.39 is 5.41 Å². The number of likely N-dealkylation sites (N-methyl/N-ethyl adjacent to an activating group) is 1. The number of nitrogens with zero attached hydrogens (tertiary/aromatic N) is 1. The van der Waals surface area contributed by atoms with E-state index in [0.717, 1.165) is 55.7 Å². The number of hydrogen-bond donors (Lipinski definition) is 0. The van der Waals surface area contributed by atoms with E-state index >= 15 is 0 Å². The molecule has 1 amide bonds. The van der Waals surface area contributed by atoms with Gasteiger partial charge in [0.2, 0.25) is 12.7 Å². The summed E-state index contributed by atoms with van der Waals surface area (Å²) >= 11 is 0. The third-order valence-corrected chi connectivity index (χ3v) is 5.23. The molecular formula is C19H27NO4. The number of ether oxygens (including phenoxy) is 3. The van der Waals surface area contributed by atoms with Gasteiger partial charge in [0, 0.05) is 27.3 Å². The Kier molecular flexibility index (Phi) is 5.29. The van der Waals surface area contributed by atoms with E-state index in [2.05, 4.69) is 0 Å². The standard InChI is InChI=1S/C19H27NO4/c1-20(11-6-12-22-2)18(21)19(9-4-3-5-10-19)15-7-8-16-17(13-15)24-14-23-16/h7-8,13H,3-6,9-12,14H2,1-2H3. The van der Waals surface area contributed by atoms with Gasteiger partial charge in [0.1, 0.15) is 0 Å². The molecular weight excluding hydrogens is 306 g/mol. The summed E-state index contributed by atoms with van der Waals surface area (Å²) in [6.07, 6.45) is 6.04. The van der Waals surface area contributed by atoms with Crippen LogP contribution in [-0.4, -0.2) is 44.9 Å². The molecule has 2 aliphatic rings. The first kappa shape index (κ1) is 17.1. The van der Waals surface area contributed by atoms with E-state index in [1.165, 1.54) is 6.42 Å². The topological polar surface area (TPSA) is 48.0 Å². The zero-order chi connectivity index (χ0) is 17.0. The lowest BCUT2D eigenvalue weighted by atomic mass is 9.68. The number of methoxy groups -OCH3 is 1. The second-order valence-corrected chi connectivity index (χ2v) is 6.78. The Morgan fingerprint density at radius 2 is 1.96 bits per heavy atom. The smallest absolute Gasteiger partial charge is 0.232 e. The molecule has 0 aromatic heterocycles. The molecule has 1 aliphatic heterocycles. The van der Waals surface area contributed by atoms with Gasteiger partial charge in [-0.15, -0.1) is 0 Å². The van der Waals surface area contributed by atoms with Crippen molar-refractivity contribution < 1.29 is 19.0 Å². The van der Waals surface area contributed by atoms with Gasteiger partial charge in [-0.3, -0.25) is 4.79 Å². The van der Waals surface area contributed by atoms with Crippen molar-refractivity contribution in [3.05, 3.63) is 23.8 Å². The largest absolute Gasteiger partial charge is 0.454 e. The number of benzene rings is 1. The molecule has 0 spiro atoms. The van der Waals surface area contributed by atoms with Crippen LogP contribution in [0.3, 0.4) is 0 Å². The molecule has 5 heteroatoms. The molecule has 1 aliphatic carbocycles. The third-order valence-electron chi connectivity index (χ3n) is 5.23. The zero-order valence-corrected chi connectivity index (χ0v) is 14.7. The summed E-state index contributed by atoms with van der Waals surface area (Å²) in [5.41, 5.74) is 0.635. The van der Waals surface area contributed by atoms with Crippen LogP contribution in [0.15, 0.2) is 18.2 Å². The molecule has 0 saturated heterocycles. The predicted molar refractivity (Wildman–Crippen MR) is 91.5 cm³/mol. The van der Waals surface area contributed by atoms with Crippen LogP contribution in [0.1, 0.15) is 44.1 Å². The quantitative estimate of drug-likeness (QED) is 0.751. The van der Waals surface area contributed by atoms with Crippen LogP contribution in [-0.2, 0) is 14.9 Å². The van der Waals surface area contributed by atoms with Crippen LogP contribution in [0.2, 0.25) is 0 Å². The van der Waals surface area contributed by atoms with Crippen LogP contribution >= 0.6 is 0 Å². The zero-order valence-electron chi connectivity index (χ0n) is 14.7. The van der Waals surface area contributed by atoms with Crippen LogP contribution in [0, 0.1) is 0 Å². The van der Waals surface area contributed by atoms with Gasteiger partial charge < -0.3 is 19.1 Å². The van der Waals surface area contributed by atoms with Gasteiger partial charge >= 0.3 is 0 Å². The van der Waals surface area contributed by atoms with Gasteiger partial charge in [-0.05, 0) is 37.0 Å². The van der Waals surface area contributed by atoms with Gasteiger partial charge in [0.15, 0.2) is 11.5 Å². The molecule has 0 N–H and O–H groups in total. The first-order chi connectivity index (χ1) is 11.7. The fourth-order valence-electron chi connectivity index (χ4n) is 3.89. The van der Waals surface area contributed by atoms with Crippen molar-refractivity contribution in [3.8, 4) is 11.5 Å². The van der Waals surface area contributed by atoms with Gasteiger partial charge in [-0.2, -0.15) is 0 Å². The highest BCUT2D eigenvalue weighted by Gasteiger charge is 2.43. The van der Waals surface area contributed by atoms with E-state index in [9.17, 15) is 4.79 Å². The fraction of sp³-hybridized carbons (Fsp3) is 0.632. The molecule has 1 aromatic rings. The average Bonchev–Trinajstić information content (AvgIpc) is 3.09. The lowest BCUT2D eigenvalue weighted by Gasteiger charge is -2.39. The minimum atomic E-state index is -0.430.